The molecule has 0 aliphatic carbocycles. The van der Waals surface area contributed by atoms with E-state index in [0.717, 1.165) is 21.5 Å². The number of aromatic nitrogens is 1. The molecule has 7 nitrogen and oxygen atoms in total. The van der Waals surface area contributed by atoms with Gasteiger partial charge in [0.25, 0.3) is 5.91 Å². The van der Waals surface area contributed by atoms with Gasteiger partial charge in [-0.25, -0.2) is 4.98 Å². The normalized spacial score (nSPS) is 11.1. The summed E-state index contributed by atoms with van der Waals surface area (Å²) in [6.07, 6.45) is 1.50. The van der Waals surface area contributed by atoms with Crippen molar-refractivity contribution in [3.63, 3.8) is 0 Å². The van der Waals surface area contributed by atoms with Crippen LogP contribution >= 0.6 is 11.3 Å². The van der Waals surface area contributed by atoms with Crippen LogP contribution in [0.5, 0.6) is 17.2 Å². The molecule has 0 saturated heterocycles. The van der Waals surface area contributed by atoms with E-state index in [1.807, 2.05) is 61.5 Å². The number of carbonyl (C=O) groups is 1. The van der Waals surface area contributed by atoms with E-state index in [1.165, 1.54) is 17.4 Å². The maximum Gasteiger partial charge on any atom is 0.268 e. The SMILES string of the molecule is CCOc1ccc2nc(NC(=O)C(C#N)=Cc3ccc(OCc4ccccc4)c(OC)c3)sc2c1. The second kappa shape index (κ2) is 11.2. The third kappa shape index (κ3) is 5.96. The van der Waals surface area contributed by atoms with E-state index in [2.05, 4.69) is 10.3 Å². The van der Waals surface area contributed by atoms with Crippen LogP contribution in [0.15, 0.2) is 72.3 Å². The molecule has 4 rings (SSSR count). The topological polar surface area (TPSA) is 93.5 Å². The zero-order chi connectivity index (χ0) is 24.6. The number of methoxy groups -OCH3 is 1. The first-order valence-corrected chi connectivity index (χ1v) is 11.7. The van der Waals surface area contributed by atoms with Gasteiger partial charge < -0.3 is 14.2 Å². The highest BCUT2D eigenvalue weighted by atomic mass is 32.1. The molecule has 1 amide bonds. The van der Waals surface area contributed by atoms with Crippen LogP contribution in [0.4, 0.5) is 5.13 Å². The number of thiazole rings is 1. The van der Waals surface area contributed by atoms with Gasteiger partial charge in [0.2, 0.25) is 0 Å². The molecule has 176 valence electrons. The van der Waals surface area contributed by atoms with E-state index in [1.54, 1.807) is 25.3 Å². The van der Waals surface area contributed by atoms with Gasteiger partial charge in [0.05, 0.1) is 23.9 Å². The zero-order valence-corrected chi connectivity index (χ0v) is 20.1. The van der Waals surface area contributed by atoms with Gasteiger partial charge in [-0.1, -0.05) is 47.7 Å². The Bertz CT molecular complexity index is 1410. The summed E-state index contributed by atoms with van der Waals surface area (Å²) in [5.41, 5.74) is 2.35. The molecule has 35 heavy (non-hydrogen) atoms. The molecule has 1 aromatic heterocycles. The van der Waals surface area contributed by atoms with Crippen LogP contribution in [0, 0.1) is 11.3 Å². The van der Waals surface area contributed by atoms with Crippen LogP contribution in [0.25, 0.3) is 16.3 Å². The second-order valence-corrected chi connectivity index (χ2v) is 8.42. The first-order valence-electron chi connectivity index (χ1n) is 10.9. The second-order valence-electron chi connectivity index (χ2n) is 7.39. The van der Waals surface area contributed by atoms with E-state index in [-0.39, 0.29) is 5.57 Å². The third-order valence-corrected chi connectivity index (χ3v) is 5.93. The smallest absolute Gasteiger partial charge is 0.268 e. The van der Waals surface area contributed by atoms with Crippen molar-refractivity contribution in [2.24, 2.45) is 0 Å². The lowest BCUT2D eigenvalue weighted by molar-refractivity contribution is -0.112. The predicted octanol–water partition coefficient (Wildman–Crippen LogP) is 5.83. The van der Waals surface area contributed by atoms with E-state index in [0.29, 0.717) is 35.4 Å². The number of fused-ring (bicyclic) bond motifs is 1. The maximum absolute atomic E-state index is 12.8. The van der Waals surface area contributed by atoms with Crippen molar-refractivity contribution in [1.29, 1.82) is 5.26 Å². The number of carbonyl (C=O) groups excluding carboxylic acids is 1. The standard InChI is InChI=1S/C27H23N3O4S/c1-3-33-21-10-11-22-25(15-21)35-27(29-22)30-26(31)20(16-28)13-19-9-12-23(24(14-19)32-2)34-17-18-7-5-4-6-8-18/h4-15H,3,17H2,1-2H3,(H,29,30,31). The molecule has 0 atom stereocenters. The molecule has 1 N–H and O–H groups in total. The number of nitrogens with zero attached hydrogens (tertiary/aromatic N) is 2. The van der Waals surface area contributed by atoms with Gasteiger partial charge in [0.1, 0.15) is 24.0 Å². The molecule has 0 aliphatic heterocycles. The number of rotatable bonds is 9. The Labute approximate surface area is 207 Å². The highest BCUT2D eigenvalue weighted by Gasteiger charge is 2.14. The average molecular weight is 486 g/mol. The number of nitrogens with one attached hydrogen (secondary N) is 1. The first kappa shape index (κ1) is 23.8. The van der Waals surface area contributed by atoms with Crippen molar-refractivity contribution in [2.45, 2.75) is 13.5 Å². The predicted molar refractivity (Wildman–Crippen MR) is 137 cm³/mol. The number of nitriles is 1. The van der Waals surface area contributed by atoms with Crippen molar-refractivity contribution in [1.82, 2.24) is 4.98 Å². The number of hydrogen-bond acceptors (Lipinski definition) is 7. The summed E-state index contributed by atoms with van der Waals surface area (Å²) in [6.45, 7) is 2.88. The molecule has 3 aromatic carbocycles. The maximum atomic E-state index is 12.8. The Kier molecular flexibility index (Phi) is 7.60. The summed E-state index contributed by atoms with van der Waals surface area (Å²) >= 11 is 1.32. The fraction of sp³-hybridized carbons (Fsp3) is 0.148. The van der Waals surface area contributed by atoms with Crippen LogP contribution in [0.3, 0.4) is 0 Å². The molecule has 0 spiro atoms. The Morgan fingerprint density at radius 1 is 1.09 bits per heavy atom. The minimum Gasteiger partial charge on any atom is -0.494 e. The van der Waals surface area contributed by atoms with Gasteiger partial charge in [-0.05, 0) is 54.5 Å². The molecule has 0 unspecified atom stereocenters. The van der Waals surface area contributed by atoms with Crippen molar-refractivity contribution in [3.8, 4) is 23.3 Å². The number of hydrogen-bond donors (Lipinski definition) is 1. The molecule has 0 bridgehead atoms. The summed E-state index contributed by atoms with van der Waals surface area (Å²) < 4.78 is 17.7. The lowest BCUT2D eigenvalue weighted by atomic mass is 10.1. The van der Waals surface area contributed by atoms with Gasteiger partial charge in [-0.15, -0.1) is 0 Å². The van der Waals surface area contributed by atoms with Crippen LogP contribution in [-0.2, 0) is 11.4 Å². The summed E-state index contributed by atoms with van der Waals surface area (Å²) in [6, 6.07) is 22.5. The van der Waals surface area contributed by atoms with Gasteiger partial charge in [0, 0.05) is 0 Å². The Hall–Kier alpha value is -4.35. The number of ether oxygens (including phenoxy) is 3. The average Bonchev–Trinajstić information content (AvgIpc) is 3.28. The van der Waals surface area contributed by atoms with Crippen molar-refractivity contribution < 1.29 is 19.0 Å². The molecule has 0 aliphatic rings. The van der Waals surface area contributed by atoms with Gasteiger partial charge in [0.15, 0.2) is 16.6 Å². The minimum absolute atomic E-state index is 0.0562. The van der Waals surface area contributed by atoms with E-state index in [4.69, 9.17) is 14.2 Å². The van der Waals surface area contributed by atoms with E-state index >= 15 is 0 Å². The minimum atomic E-state index is -0.542. The van der Waals surface area contributed by atoms with Gasteiger partial charge >= 0.3 is 0 Å². The summed E-state index contributed by atoms with van der Waals surface area (Å²) in [7, 11) is 1.54. The number of benzene rings is 3. The van der Waals surface area contributed by atoms with Crippen molar-refractivity contribution in [3.05, 3.63) is 83.4 Å². The molecule has 1 heterocycles. The fourth-order valence-electron chi connectivity index (χ4n) is 3.32. The Balaban J connectivity index is 1.48. The number of anilines is 1. The monoisotopic (exact) mass is 485 g/mol. The van der Waals surface area contributed by atoms with Crippen molar-refractivity contribution in [2.75, 3.05) is 19.0 Å². The van der Waals surface area contributed by atoms with Crippen LogP contribution in [0.2, 0.25) is 0 Å². The zero-order valence-electron chi connectivity index (χ0n) is 19.3. The molecule has 0 radical (unpaired) electrons. The lowest BCUT2D eigenvalue weighted by Crippen LogP contribution is -2.13. The summed E-state index contributed by atoms with van der Waals surface area (Å²) in [5, 5.41) is 12.7. The largest absolute Gasteiger partial charge is 0.494 e. The highest BCUT2D eigenvalue weighted by molar-refractivity contribution is 7.22. The molecule has 4 aromatic rings. The summed E-state index contributed by atoms with van der Waals surface area (Å²) in [5.74, 6) is 1.27. The van der Waals surface area contributed by atoms with E-state index < -0.39 is 5.91 Å². The van der Waals surface area contributed by atoms with Gasteiger partial charge in [-0.3, -0.25) is 10.1 Å². The van der Waals surface area contributed by atoms with Crippen LogP contribution in [-0.4, -0.2) is 24.6 Å². The van der Waals surface area contributed by atoms with Crippen LogP contribution < -0.4 is 19.5 Å². The summed E-state index contributed by atoms with van der Waals surface area (Å²) in [4.78, 5) is 17.2. The lowest BCUT2D eigenvalue weighted by Gasteiger charge is -2.11. The molecule has 0 fully saturated rings. The van der Waals surface area contributed by atoms with E-state index in [9.17, 15) is 10.1 Å². The van der Waals surface area contributed by atoms with Crippen molar-refractivity contribution >= 4 is 38.7 Å². The van der Waals surface area contributed by atoms with Crippen LogP contribution in [0.1, 0.15) is 18.1 Å². The Morgan fingerprint density at radius 3 is 2.66 bits per heavy atom. The molecular weight excluding hydrogens is 462 g/mol. The number of amides is 1. The highest BCUT2D eigenvalue weighted by Crippen LogP contribution is 2.31. The fourth-order valence-corrected chi connectivity index (χ4v) is 4.21. The molecule has 0 saturated carbocycles. The Morgan fingerprint density at radius 2 is 1.91 bits per heavy atom. The molecular formula is C27H23N3O4S. The quantitative estimate of drug-likeness (QED) is 0.237. The van der Waals surface area contributed by atoms with Gasteiger partial charge in [-0.2, -0.15) is 5.26 Å². The first-order chi connectivity index (χ1) is 17.1. The third-order valence-electron chi connectivity index (χ3n) is 4.99. The molecule has 8 heteroatoms.